The predicted molar refractivity (Wildman–Crippen MR) is 75.5 cm³/mol. The molecule has 2 rings (SSSR count). The molecule has 3 N–H and O–H groups in total. The molecule has 4 heteroatoms. The van der Waals surface area contributed by atoms with E-state index in [1.807, 2.05) is 18.7 Å². The van der Waals surface area contributed by atoms with Gasteiger partial charge in [0, 0.05) is 19.7 Å². The smallest absolute Gasteiger partial charge is 0.239 e. The van der Waals surface area contributed by atoms with E-state index in [1.54, 1.807) is 0 Å². The van der Waals surface area contributed by atoms with Gasteiger partial charge >= 0.3 is 0 Å². The first kappa shape index (κ1) is 14.8. The first-order chi connectivity index (χ1) is 8.97. The number of nitrogens with zero attached hydrogens (tertiary/aromatic N) is 1. The summed E-state index contributed by atoms with van der Waals surface area (Å²) in [4.78, 5) is 14.3. The standard InChI is InChI=1S/C15H28N2O2/c1-11(2)13(16)14(19)17-8-7-15(10-17)5-3-12(9-18)4-6-15/h11-13,18H,3-10,16H2,1-2H3. The van der Waals surface area contributed by atoms with Gasteiger partial charge in [0.1, 0.15) is 0 Å². The zero-order valence-corrected chi connectivity index (χ0v) is 12.3. The van der Waals surface area contributed by atoms with Gasteiger partial charge in [-0.15, -0.1) is 0 Å². The fraction of sp³-hybridized carbons (Fsp3) is 0.933. The molecule has 0 aromatic carbocycles. The molecule has 1 saturated heterocycles. The Morgan fingerprint density at radius 1 is 1.37 bits per heavy atom. The molecule has 2 fully saturated rings. The van der Waals surface area contributed by atoms with Crippen molar-refractivity contribution in [3.63, 3.8) is 0 Å². The average Bonchev–Trinajstić information content (AvgIpc) is 2.82. The van der Waals surface area contributed by atoms with Crippen molar-refractivity contribution in [1.29, 1.82) is 0 Å². The molecule has 0 bridgehead atoms. The molecule has 1 spiro atoms. The average molecular weight is 268 g/mol. The third-order valence-electron chi connectivity index (χ3n) is 5.18. The van der Waals surface area contributed by atoms with E-state index in [1.165, 1.54) is 0 Å². The summed E-state index contributed by atoms with van der Waals surface area (Å²) in [7, 11) is 0. The van der Waals surface area contributed by atoms with Crippen LogP contribution in [0.25, 0.3) is 0 Å². The Hall–Kier alpha value is -0.610. The monoisotopic (exact) mass is 268 g/mol. The quantitative estimate of drug-likeness (QED) is 0.812. The normalized spacial score (nSPS) is 33.1. The molecule has 19 heavy (non-hydrogen) atoms. The summed E-state index contributed by atoms with van der Waals surface area (Å²) < 4.78 is 0. The summed E-state index contributed by atoms with van der Waals surface area (Å²) in [6, 6.07) is -0.357. The second kappa shape index (κ2) is 5.80. The lowest BCUT2D eigenvalue weighted by Crippen LogP contribution is -2.46. The molecule has 2 aliphatic rings. The van der Waals surface area contributed by atoms with Crippen LogP contribution in [0.3, 0.4) is 0 Å². The number of amides is 1. The van der Waals surface area contributed by atoms with Crippen LogP contribution in [-0.2, 0) is 4.79 Å². The van der Waals surface area contributed by atoms with Gasteiger partial charge in [-0.25, -0.2) is 0 Å². The fourth-order valence-corrected chi connectivity index (χ4v) is 3.50. The highest BCUT2D eigenvalue weighted by Crippen LogP contribution is 2.45. The number of likely N-dealkylation sites (tertiary alicyclic amines) is 1. The maximum Gasteiger partial charge on any atom is 0.239 e. The molecule has 1 aliphatic carbocycles. The van der Waals surface area contributed by atoms with E-state index in [-0.39, 0.29) is 17.9 Å². The largest absolute Gasteiger partial charge is 0.396 e. The van der Waals surface area contributed by atoms with Gasteiger partial charge in [0.15, 0.2) is 0 Å². The summed E-state index contributed by atoms with van der Waals surface area (Å²) in [5.74, 6) is 0.804. The fourth-order valence-electron chi connectivity index (χ4n) is 3.50. The van der Waals surface area contributed by atoms with Crippen LogP contribution in [0.5, 0.6) is 0 Å². The van der Waals surface area contributed by atoms with Gasteiger partial charge in [-0.3, -0.25) is 4.79 Å². The van der Waals surface area contributed by atoms with E-state index in [0.717, 1.165) is 45.2 Å². The van der Waals surface area contributed by atoms with Crippen molar-refractivity contribution >= 4 is 5.91 Å². The minimum atomic E-state index is -0.357. The van der Waals surface area contributed by atoms with Gasteiger partial charge in [0.05, 0.1) is 6.04 Å². The molecule has 0 radical (unpaired) electrons. The Morgan fingerprint density at radius 2 is 2.00 bits per heavy atom. The minimum absolute atomic E-state index is 0.121. The molecule has 1 aliphatic heterocycles. The lowest BCUT2D eigenvalue weighted by molar-refractivity contribution is -0.133. The number of nitrogens with two attached hydrogens (primary N) is 1. The Morgan fingerprint density at radius 3 is 2.53 bits per heavy atom. The van der Waals surface area contributed by atoms with Crippen molar-refractivity contribution in [2.24, 2.45) is 23.0 Å². The lowest BCUT2D eigenvalue weighted by Gasteiger charge is -2.36. The minimum Gasteiger partial charge on any atom is -0.396 e. The number of aliphatic hydroxyl groups is 1. The van der Waals surface area contributed by atoms with Gasteiger partial charge in [-0.05, 0) is 49.4 Å². The Labute approximate surface area is 116 Å². The molecule has 0 aromatic heterocycles. The third kappa shape index (κ3) is 3.11. The summed E-state index contributed by atoms with van der Waals surface area (Å²) in [5.41, 5.74) is 6.29. The third-order valence-corrected chi connectivity index (χ3v) is 5.18. The molecular formula is C15H28N2O2. The van der Waals surface area contributed by atoms with Crippen LogP contribution in [0.15, 0.2) is 0 Å². The van der Waals surface area contributed by atoms with Crippen LogP contribution in [0.2, 0.25) is 0 Å². The first-order valence-electron chi connectivity index (χ1n) is 7.63. The van der Waals surface area contributed by atoms with Crippen LogP contribution in [0.4, 0.5) is 0 Å². The topological polar surface area (TPSA) is 66.6 Å². The molecule has 0 aromatic rings. The Balaban J connectivity index is 1.91. The molecule has 1 saturated carbocycles. The first-order valence-corrected chi connectivity index (χ1v) is 7.63. The second-order valence-corrected chi connectivity index (χ2v) is 6.91. The van der Waals surface area contributed by atoms with Crippen molar-refractivity contribution in [3.05, 3.63) is 0 Å². The molecule has 1 atom stereocenters. The molecule has 110 valence electrons. The Kier molecular flexibility index (Phi) is 4.51. The van der Waals surface area contributed by atoms with Crippen molar-refractivity contribution in [2.45, 2.75) is 52.0 Å². The zero-order valence-electron chi connectivity index (χ0n) is 12.3. The van der Waals surface area contributed by atoms with E-state index in [0.29, 0.717) is 17.9 Å². The highest BCUT2D eigenvalue weighted by molar-refractivity contribution is 5.82. The van der Waals surface area contributed by atoms with Crippen molar-refractivity contribution in [1.82, 2.24) is 4.90 Å². The molecule has 1 amide bonds. The van der Waals surface area contributed by atoms with E-state index in [9.17, 15) is 9.90 Å². The SMILES string of the molecule is CC(C)C(N)C(=O)N1CCC2(CCC(CO)CC2)C1. The van der Waals surface area contributed by atoms with Gasteiger partial charge in [0.2, 0.25) is 5.91 Å². The summed E-state index contributed by atoms with van der Waals surface area (Å²) in [6.07, 6.45) is 5.63. The van der Waals surface area contributed by atoms with E-state index in [4.69, 9.17) is 5.73 Å². The van der Waals surface area contributed by atoms with Crippen LogP contribution < -0.4 is 5.73 Å². The van der Waals surface area contributed by atoms with Crippen molar-refractivity contribution < 1.29 is 9.90 Å². The molecule has 4 nitrogen and oxygen atoms in total. The number of hydrogen-bond acceptors (Lipinski definition) is 3. The number of carbonyl (C=O) groups is 1. The second-order valence-electron chi connectivity index (χ2n) is 6.91. The number of rotatable bonds is 3. The summed E-state index contributed by atoms with van der Waals surface area (Å²) in [5, 5.41) is 9.22. The maximum absolute atomic E-state index is 12.3. The zero-order chi connectivity index (χ0) is 14.0. The van der Waals surface area contributed by atoms with Crippen LogP contribution >= 0.6 is 0 Å². The number of aliphatic hydroxyl groups excluding tert-OH is 1. The number of carbonyl (C=O) groups excluding carboxylic acids is 1. The summed E-state index contributed by atoms with van der Waals surface area (Å²) >= 11 is 0. The van der Waals surface area contributed by atoms with E-state index < -0.39 is 0 Å². The van der Waals surface area contributed by atoms with Crippen LogP contribution in [0.1, 0.15) is 46.0 Å². The number of hydrogen-bond donors (Lipinski definition) is 2. The van der Waals surface area contributed by atoms with Crippen LogP contribution in [0, 0.1) is 17.3 Å². The molecule has 1 unspecified atom stereocenters. The summed E-state index contributed by atoms with van der Waals surface area (Å²) in [6.45, 7) is 6.06. The highest BCUT2D eigenvalue weighted by atomic mass is 16.3. The maximum atomic E-state index is 12.3. The van der Waals surface area contributed by atoms with Crippen LogP contribution in [-0.4, -0.2) is 41.7 Å². The van der Waals surface area contributed by atoms with Crippen molar-refractivity contribution in [3.8, 4) is 0 Å². The lowest BCUT2D eigenvalue weighted by atomic mass is 9.70. The highest BCUT2D eigenvalue weighted by Gasteiger charge is 2.43. The van der Waals surface area contributed by atoms with E-state index >= 15 is 0 Å². The molecular weight excluding hydrogens is 240 g/mol. The van der Waals surface area contributed by atoms with Gasteiger partial charge in [-0.1, -0.05) is 13.8 Å². The molecule has 1 heterocycles. The van der Waals surface area contributed by atoms with E-state index in [2.05, 4.69) is 0 Å². The van der Waals surface area contributed by atoms with Gasteiger partial charge < -0.3 is 15.7 Å². The predicted octanol–water partition coefficient (Wildman–Crippen LogP) is 1.37. The van der Waals surface area contributed by atoms with Gasteiger partial charge in [-0.2, -0.15) is 0 Å². The van der Waals surface area contributed by atoms with Crippen molar-refractivity contribution in [2.75, 3.05) is 19.7 Å². The Bertz CT molecular complexity index is 322. The van der Waals surface area contributed by atoms with Gasteiger partial charge in [0.25, 0.3) is 0 Å².